The molecule has 3 rings (SSSR count). The number of hydrogen-bond donors (Lipinski definition) is 2. The highest BCUT2D eigenvalue weighted by Gasteiger charge is 2.37. The number of anilines is 1. The molecule has 144 valence electrons. The molecule has 3 unspecified atom stereocenters. The first kappa shape index (κ1) is 19.2. The summed E-state index contributed by atoms with van der Waals surface area (Å²) >= 11 is 0. The van der Waals surface area contributed by atoms with Crippen LogP contribution in [0.1, 0.15) is 46.0 Å². The van der Waals surface area contributed by atoms with Crippen LogP contribution in [-0.4, -0.2) is 42.6 Å². The van der Waals surface area contributed by atoms with Gasteiger partial charge in [-0.2, -0.15) is 0 Å². The molecule has 1 amide bonds. The number of amides is 1. The number of ether oxygens (including phenoxy) is 1. The minimum Gasteiger partial charge on any atom is -0.492 e. The third-order valence-corrected chi connectivity index (χ3v) is 5.88. The molecule has 1 aromatic rings. The number of nitrogens with two attached hydrogens (primary N) is 1. The number of carbonyl (C=O) groups excluding carboxylic acids is 1. The summed E-state index contributed by atoms with van der Waals surface area (Å²) in [6.45, 7) is 8.32. The highest BCUT2D eigenvalue weighted by atomic mass is 16.5. The van der Waals surface area contributed by atoms with Gasteiger partial charge in [-0.25, -0.2) is 0 Å². The molecule has 1 heterocycles. The van der Waals surface area contributed by atoms with Crippen molar-refractivity contribution in [3.8, 4) is 5.75 Å². The van der Waals surface area contributed by atoms with Gasteiger partial charge in [-0.05, 0) is 62.9 Å². The predicted octanol–water partition coefficient (Wildman–Crippen LogP) is 3.25. The lowest BCUT2D eigenvalue weighted by molar-refractivity contribution is -0.122. The molecule has 0 radical (unpaired) electrons. The fourth-order valence-electron chi connectivity index (χ4n) is 4.17. The van der Waals surface area contributed by atoms with Crippen molar-refractivity contribution in [2.45, 2.75) is 51.5 Å². The Labute approximate surface area is 157 Å². The molecule has 1 saturated heterocycles. The fraction of sp³-hybridized carbons (Fsp3) is 0.667. The van der Waals surface area contributed by atoms with Crippen LogP contribution in [0, 0.1) is 11.8 Å². The second-order valence-electron chi connectivity index (χ2n) is 8.36. The van der Waals surface area contributed by atoms with E-state index in [0.29, 0.717) is 6.61 Å². The molecule has 3 atom stereocenters. The number of nitrogens with zero attached hydrogens (tertiary/aromatic N) is 1. The van der Waals surface area contributed by atoms with Crippen molar-refractivity contribution in [1.82, 2.24) is 4.90 Å². The highest BCUT2D eigenvalue weighted by Crippen LogP contribution is 2.32. The molecule has 1 saturated carbocycles. The molecule has 1 aliphatic heterocycles. The van der Waals surface area contributed by atoms with Gasteiger partial charge in [-0.15, -0.1) is 0 Å². The smallest absolute Gasteiger partial charge is 0.229 e. The standard InChI is InChI=1S/C21H33N3O2/c1-16-10-12-24(15-16)13-14-26-18-8-6-17(7-9-18)23-20(25)19-5-3-4-11-21(19,2)22/h6-9,16,19H,3-5,10-15,22H2,1-2H3,(H,23,25). The van der Waals surface area contributed by atoms with Gasteiger partial charge >= 0.3 is 0 Å². The van der Waals surface area contributed by atoms with Gasteiger partial charge in [-0.3, -0.25) is 9.69 Å². The molecule has 0 bridgehead atoms. The van der Waals surface area contributed by atoms with Crippen LogP contribution in [0.15, 0.2) is 24.3 Å². The first-order valence-electron chi connectivity index (χ1n) is 9.99. The van der Waals surface area contributed by atoms with Crippen molar-refractivity contribution in [2.24, 2.45) is 17.6 Å². The van der Waals surface area contributed by atoms with Crippen LogP contribution in [0.2, 0.25) is 0 Å². The van der Waals surface area contributed by atoms with Crippen LogP contribution in [-0.2, 0) is 4.79 Å². The maximum absolute atomic E-state index is 12.6. The molecule has 5 nitrogen and oxygen atoms in total. The monoisotopic (exact) mass is 359 g/mol. The molecule has 0 aromatic heterocycles. The normalized spacial score (nSPS) is 29.5. The number of carbonyl (C=O) groups is 1. The Morgan fingerprint density at radius 2 is 2.08 bits per heavy atom. The summed E-state index contributed by atoms with van der Waals surface area (Å²) < 4.78 is 5.84. The Morgan fingerprint density at radius 3 is 2.73 bits per heavy atom. The topological polar surface area (TPSA) is 67.6 Å². The molecular formula is C21H33N3O2. The number of benzene rings is 1. The minimum absolute atomic E-state index is 0.0338. The molecule has 1 aromatic carbocycles. The Kier molecular flexibility index (Phi) is 6.20. The van der Waals surface area contributed by atoms with Gasteiger partial charge in [0.05, 0.1) is 5.92 Å². The van der Waals surface area contributed by atoms with Gasteiger partial charge < -0.3 is 15.8 Å². The summed E-state index contributed by atoms with van der Waals surface area (Å²) in [5.74, 6) is 1.57. The van der Waals surface area contributed by atoms with E-state index in [4.69, 9.17) is 10.5 Å². The Balaban J connectivity index is 1.46. The van der Waals surface area contributed by atoms with Crippen molar-refractivity contribution >= 4 is 11.6 Å². The minimum atomic E-state index is -0.404. The molecule has 1 aliphatic carbocycles. The zero-order valence-corrected chi connectivity index (χ0v) is 16.2. The van der Waals surface area contributed by atoms with Crippen molar-refractivity contribution < 1.29 is 9.53 Å². The third kappa shape index (κ3) is 4.98. The molecule has 3 N–H and O–H groups in total. The van der Waals surface area contributed by atoms with Crippen molar-refractivity contribution in [3.05, 3.63) is 24.3 Å². The van der Waals surface area contributed by atoms with E-state index in [1.54, 1.807) is 0 Å². The average Bonchev–Trinajstić information content (AvgIpc) is 3.01. The van der Waals surface area contributed by atoms with Crippen LogP contribution >= 0.6 is 0 Å². The zero-order valence-electron chi connectivity index (χ0n) is 16.2. The van der Waals surface area contributed by atoms with Gasteiger partial charge in [0.15, 0.2) is 0 Å². The van der Waals surface area contributed by atoms with Gasteiger partial charge in [0.25, 0.3) is 0 Å². The lowest BCUT2D eigenvalue weighted by Gasteiger charge is -2.37. The molecular weight excluding hydrogens is 326 g/mol. The van der Waals surface area contributed by atoms with Gasteiger partial charge in [-0.1, -0.05) is 19.8 Å². The van der Waals surface area contributed by atoms with E-state index in [0.717, 1.165) is 49.6 Å². The summed E-state index contributed by atoms with van der Waals surface area (Å²) in [5.41, 5.74) is 6.73. The molecule has 0 spiro atoms. The number of likely N-dealkylation sites (tertiary alicyclic amines) is 1. The number of rotatable bonds is 6. The lowest BCUT2D eigenvalue weighted by Crippen LogP contribution is -2.51. The van der Waals surface area contributed by atoms with Crippen LogP contribution in [0.4, 0.5) is 5.69 Å². The quantitative estimate of drug-likeness (QED) is 0.818. The second kappa shape index (κ2) is 8.40. The summed E-state index contributed by atoms with van der Waals surface area (Å²) in [6.07, 6.45) is 5.26. The van der Waals surface area contributed by atoms with Gasteiger partial charge in [0.2, 0.25) is 5.91 Å². The first-order valence-corrected chi connectivity index (χ1v) is 9.99. The van der Waals surface area contributed by atoms with Gasteiger partial charge in [0, 0.05) is 24.3 Å². The highest BCUT2D eigenvalue weighted by molar-refractivity contribution is 5.93. The van der Waals surface area contributed by atoms with Crippen molar-refractivity contribution in [1.29, 1.82) is 0 Å². The van der Waals surface area contributed by atoms with Gasteiger partial charge in [0.1, 0.15) is 12.4 Å². The summed E-state index contributed by atoms with van der Waals surface area (Å²) in [4.78, 5) is 15.0. The van der Waals surface area contributed by atoms with E-state index in [1.165, 1.54) is 19.5 Å². The maximum atomic E-state index is 12.6. The summed E-state index contributed by atoms with van der Waals surface area (Å²) in [7, 11) is 0. The largest absolute Gasteiger partial charge is 0.492 e. The van der Waals surface area contributed by atoms with Crippen LogP contribution in [0.25, 0.3) is 0 Å². The molecule has 26 heavy (non-hydrogen) atoms. The third-order valence-electron chi connectivity index (χ3n) is 5.88. The molecule has 2 fully saturated rings. The van der Waals surface area contributed by atoms with Crippen molar-refractivity contribution in [2.75, 3.05) is 31.6 Å². The van der Waals surface area contributed by atoms with Crippen LogP contribution < -0.4 is 15.8 Å². The summed E-state index contributed by atoms with van der Waals surface area (Å²) in [5, 5.41) is 3.02. The first-order chi connectivity index (χ1) is 12.4. The lowest BCUT2D eigenvalue weighted by atomic mass is 9.74. The Bertz CT molecular complexity index is 600. The number of nitrogens with one attached hydrogen (secondary N) is 1. The maximum Gasteiger partial charge on any atom is 0.229 e. The van der Waals surface area contributed by atoms with E-state index in [9.17, 15) is 4.79 Å². The van der Waals surface area contributed by atoms with E-state index < -0.39 is 5.54 Å². The average molecular weight is 360 g/mol. The molecule has 2 aliphatic rings. The Morgan fingerprint density at radius 1 is 1.31 bits per heavy atom. The van der Waals surface area contributed by atoms with E-state index in [1.807, 2.05) is 31.2 Å². The molecule has 5 heteroatoms. The van der Waals surface area contributed by atoms with Crippen LogP contribution in [0.3, 0.4) is 0 Å². The summed E-state index contributed by atoms with van der Waals surface area (Å²) in [6, 6.07) is 7.65. The number of hydrogen-bond acceptors (Lipinski definition) is 4. The Hall–Kier alpha value is -1.59. The fourth-order valence-corrected chi connectivity index (χ4v) is 4.17. The second-order valence-corrected chi connectivity index (χ2v) is 8.36. The van der Waals surface area contributed by atoms with E-state index >= 15 is 0 Å². The van der Waals surface area contributed by atoms with E-state index in [2.05, 4.69) is 17.1 Å². The zero-order chi connectivity index (χ0) is 18.6. The van der Waals surface area contributed by atoms with Crippen molar-refractivity contribution in [3.63, 3.8) is 0 Å². The van der Waals surface area contributed by atoms with E-state index in [-0.39, 0.29) is 11.8 Å². The predicted molar refractivity (Wildman–Crippen MR) is 105 cm³/mol. The van der Waals surface area contributed by atoms with Crippen LogP contribution in [0.5, 0.6) is 5.75 Å². The SMILES string of the molecule is CC1CCN(CCOc2ccc(NC(=O)C3CCCCC3(C)N)cc2)C1.